The third-order valence-corrected chi connectivity index (χ3v) is 5.44. The van der Waals surface area contributed by atoms with Crippen molar-refractivity contribution in [2.45, 2.75) is 58.2 Å². The zero-order valence-corrected chi connectivity index (χ0v) is 15.9. The lowest BCUT2D eigenvalue weighted by atomic mass is 10.1. The van der Waals surface area contributed by atoms with Crippen LogP contribution in [0, 0.1) is 6.92 Å². The van der Waals surface area contributed by atoms with Crippen LogP contribution < -0.4 is 4.90 Å². The van der Waals surface area contributed by atoms with Gasteiger partial charge >= 0.3 is 6.09 Å². The highest BCUT2D eigenvalue weighted by Crippen LogP contribution is 2.36. The summed E-state index contributed by atoms with van der Waals surface area (Å²) < 4.78 is 6.68. The number of amides is 1. The van der Waals surface area contributed by atoms with E-state index < -0.39 is 5.60 Å². The van der Waals surface area contributed by atoms with Crippen molar-refractivity contribution >= 4 is 27.7 Å². The van der Waals surface area contributed by atoms with Gasteiger partial charge in [-0.15, -0.1) is 0 Å². The highest BCUT2D eigenvalue weighted by Gasteiger charge is 2.42. The van der Waals surface area contributed by atoms with Gasteiger partial charge in [0, 0.05) is 35.3 Å². The maximum Gasteiger partial charge on any atom is 0.410 e. The molecule has 3 rings (SSSR count). The van der Waals surface area contributed by atoms with Crippen LogP contribution in [0.4, 0.5) is 10.5 Å². The van der Waals surface area contributed by atoms with Crippen molar-refractivity contribution in [2.24, 2.45) is 0 Å². The number of piperazine rings is 1. The largest absolute Gasteiger partial charge is 0.444 e. The number of likely N-dealkylation sites (tertiary alicyclic amines) is 1. The summed E-state index contributed by atoms with van der Waals surface area (Å²) >= 11 is 3.63. The minimum Gasteiger partial charge on any atom is -0.444 e. The fraction of sp³-hybridized carbons (Fsp3) is 0.611. The number of aryl methyl sites for hydroxylation is 1. The average molecular weight is 381 g/mol. The molecule has 0 aromatic heterocycles. The zero-order valence-electron chi connectivity index (χ0n) is 14.3. The normalized spacial score (nSPS) is 24.0. The third-order valence-electron chi connectivity index (χ3n) is 4.59. The van der Waals surface area contributed by atoms with Gasteiger partial charge in [-0.1, -0.05) is 22.0 Å². The Morgan fingerprint density at radius 1 is 1.22 bits per heavy atom. The molecule has 0 N–H and O–H groups in total. The van der Waals surface area contributed by atoms with Gasteiger partial charge in [-0.3, -0.25) is 0 Å². The number of nitrogens with zero attached hydrogens (tertiary/aromatic N) is 2. The van der Waals surface area contributed by atoms with E-state index in [1.54, 1.807) is 0 Å². The van der Waals surface area contributed by atoms with Gasteiger partial charge in [0.1, 0.15) is 5.60 Å². The highest BCUT2D eigenvalue weighted by atomic mass is 79.9. The lowest BCUT2D eigenvalue weighted by Gasteiger charge is -2.42. The fourth-order valence-electron chi connectivity index (χ4n) is 3.54. The maximum absolute atomic E-state index is 12.4. The molecule has 1 aromatic rings. The molecule has 2 bridgehead atoms. The van der Waals surface area contributed by atoms with E-state index in [1.807, 2.05) is 25.7 Å². The van der Waals surface area contributed by atoms with E-state index in [1.165, 1.54) is 11.3 Å². The van der Waals surface area contributed by atoms with Crippen molar-refractivity contribution in [2.75, 3.05) is 18.0 Å². The number of fused-ring (bicyclic) bond motifs is 2. The highest BCUT2D eigenvalue weighted by molar-refractivity contribution is 9.10. The predicted molar refractivity (Wildman–Crippen MR) is 96.0 cm³/mol. The summed E-state index contributed by atoms with van der Waals surface area (Å²) in [5.41, 5.74) is 2.06. The smallest absolute Gasteiger partial charge is 0.410 e. The number of anilines is 1. The van der Waals surface area contributed by atoms with Crippen LogP contribution in [0.2, 0.25) is 0 Å². The molecule has 2 fully saturated rings. The number of carbonyl (C=O) groups excluding carboxylic acids is 1. The monoisotopic (exact) mass is 380 g/mol. The molecule has 0 radical (unpaired) electrons. The Balaban J connectivity index is 1.74. The molecule has 5 heteroatoms. The van der Waals surface area contributed by atoms with E-state index in [4.69, 9.17) is 4.74 Å². The van der Waals surface area contributed by atoms with Gasteiger partial charge < -0.3 is 14.5 Å². The Labute approximate surface area is 146 Å². The Kier molecular flexibility index (Phi) is 4.34. The number of halogens is 1. The van der Waals surface area contributed by atoms with Crippen LogP contribution in [-0.4, -0.2) is 41.8 Å². The van der Waals surface area contributed by atoms with Crippen LogP contribution in [0.1, 0.15) is 39.2 Å². The molecule has 2 aliphatic rings. The molecule has 2 atom stereocenters. The molecule has 23 heavy (non-hydrogen) atoms. The van der Waals surface area contributed by atoms with Crippen LogP contribution >= 0.6 is 15.9 Å². The summed E-state index contributed by atoms with van der Waals surface area (Å²) in [6.07, 6.45) is 2.09. The molecule has 2 heterocycles. The minimum absolute atomic E-state index is 0.181. The van der Waals surface area contributed by atoms with Crippen LogP contribution in [-0.2, 0) is 4.74 Å². The predicted octanol–water partition coefficient (Wildman–Crippen LogP) is 4.35. The fourth-order valence-corrected chi connectivity index (χ4v) is 3.91. The molecular weight excluding hydrogens is 356 g/mol. The second-order valence-corrected chi connectivity index (χ2v) is 8.47. The van der Waals surface area contributed by atoms with Crippen molar-refractivity contribution in [3.05, 3.63) is 28.2 Å². The van der Waals surface area contributed by atoms with Crippen LogP contribution in [0.3, 0.4) is 0 Å². The van der Waals surface area contributed by atoms with E-state index in [9.17, 15) is 4.79 Å². The number of hydrogen-bond donors (Lipinski definition) is 0. The Bertz CT molecular complexity index is 598. The summed E-state index contributed by atoms with van der Waals surface area (Å²) in [5, 5.41) is 0. The molecule has 0 spiro atoms. The van der Waals surface area contributed by atoms with Crippen molar-refractivity contribution in [1.82, 2.24) is 4.90 Å². The minimum atomic E-state index is -0.435. The molecule has 126 valence electrons. The molecular formula is C18H25BrN2O2. The van der Waals surface area contributed by atoms with E-state index in [2.05, 4.69) is 46.0 Å². The first-order chi connectivity index (χ1) is 10.7. The second-order valence-electron chi connectivity index (χ2n) is 7.61. The summed E-state index contributed by atoms with van der Waals surface area (Å²) in [7, 11) is 0. The SMILES string of the molecule is Cc1ccc(N2C3CCC2CN(C(=O)OC(C)(C)C)C3)cc1Br. The molecule has 2 unspecified atom stereocenters. The number of rotatable bonds is 1. The quantitative estimate of drug-likeness (QED) is 0.725. The van der Waals surface area contributed by atoms with Gasteiger partial charge in [-0.25, -0.2) is 4.79 Å². The van der Waals surface area contributed by atoms with Gasteiger partial charge in [-0.2, -0.15) is 0 Å². The maximum atomic E-state index is 12.4. The first-order valence-corrected chi connectivity index (χ1v) is 9.06. The first kappa shape index (κ1) is 16.6. The van der Waals surface area contributed by atoms with E-state index >= 15 is 0 Å². The molecule has 1 amide bonds. The average Bonchev–Trinajstić information content (AvgIpc) is 2.70. The van der Waals surface area contributed by atoms with Gasteiger partial charge in [-0.05, 0) is 58.2 Å². The molecule has 0 aliphatic carbocycles. The van der Waals surface area contributed by atoms with Crippen molar-refractivity contribution < 1.29 is 9.53 Å². The summed E-state index contributed by atoms with van der Waals surface area (Å²) in [6.45, 7) is 9.34. The topological polar surface area (TPSA) is 32.8 Å². The van der Waals surface area contributed by atoms with Crippen molar-refractivity contribution in [1.29, 1.82) is 0 Å². The van der Waals surface area contributed by atoms with Crippen LogP contribution in [0.5, 0.6) is 0 Å². The van der Waals surface area contributed by atoms with Crippen molar-refractivity contribution in [3.63, 3.8) is 0 Å². The van der Waals surface area contributed by atoms with E-state index in [-0.39, 0.29) is 6.09 Å². The van der Waals surface area contributed by atoms with Gasteiger partial charge in [0.05, 0.1) is 0 Å². The first-order valence-electron chi connectivity index (χ1n) is 8.27. The number of hydrogen-bond acceptors (Lipinski definition) is 3. The molecule has 2 saturated heterocycles. The van der Waals surface area contributed by atoms with Gasteiger partial charge in [0.15, 0.2) is 0 Å². The summed E-state index contributed by atoms with van der Waals surface area (Å²) in [6, 6.07) is 7.31. The zero-order chi connectivity index (χ0) is 16.8. The Morgan fingerprint density at radius 3 is 2.35 bits per heavy atom. The second kappa shape index (κ2) is 6.00. The van der Waals surface area contributed by atoms with E-state index in [0.29, 0.717) is 12.1 Å². The third kappa shape index (κ3) is 3.49. The van der Waals surface area contributed by atoms with Gasteiger partial charge in [0.25, 0.3) is 0 Å². The lowest BCUT2D eigenvalue weighted by molar-refractivity contribution is 0.0209. The summed E-state index contributed by atoms with van der Waals surface area (Å²) in [4.78, 5) is 16.7. The molecule has 1 aromatic carbocycles. The standard InChI is InChI=1S/C18H25BrN2O2/c1-12-5-6-13(9-16(12)19)21-14-7-8-15(21)11-20(10-14)17(22)23-18(2,3)4/h5-6,9,14-15H,7-8,10-11H2,1-4H3. The molecule has 0 saturated carbocycles. The van der Waals surface area contributed by atoms with Crippen LogP contribution in [0.25, 0.3) is 0 Å². The van der Waals surface area contributed by atoms with E-state index in [0.717, 1.165) is 30.4 Å². The molecule has 2 aliphatic heterocycles. The Hall–Kier alpha value is -1.23. The van der Waals surface area contributed by atoms with Crippen molar-refractivity contribution in [3.8, 4) is 0 Å². The lowest BCUT2D eigenvalue weighted by Crippen LogP contribution is -2.56. The number of benzene rings is 1. The summed E-state index contributed by atoms with van der Waals surface area (Å²) in [5.74, 6) is 0. The number of ether oxygens (including phenoxy) is 1. The number of carbonyl (C=O) groups is 1. The van der Waals surface area contributed by atoms with Gasteiger partial charge in [0.2, 0.25) is 0 Å². The Morgan fingerprint density at radius 2 is 1.83 bits per heavy atom. The van der Waals surface area contributed by atoms with Crippen LogP contribution in [0.15, 0.2) is 22.7 Å². The molecule has 4 nitrogen and oxygen atoms in total.